The molecule has 0 spiro atoms. The van der Waals surface area contributed by atoms with Crippen LogP contribution in [0, 0.1) is 5.82 Å². The van der Waals surface area contributed by atoms with Gasteiger partial charge in [-0.2, -0.15) is 0 Å². The van der Waals surface area contributed by atoms with Crippen molar-refractivity contribution in [3.05, 3.63) is 70.8 Å². The highest BCUT2D eigenvalue weighted by Crippen LogP contribution is 2.34. The molecule has 4 nitrogen and oxygen atoms in total. The number of aromatic nitrogens is 2. The topological polar surface area (TPSA) is 41.1 Å². The molecule has 0 radical (unpaired) electrons. The Hall–Kier alpha value is -2.34. The van der Waals surface area contributed by atoms with Crippen molar-refractivity contribution >= 4 is 46.6 Å². The number of pyridine rings is 1. The summed E-state index contributed by atoms with van der Waals surface area (Å²) < 4.78 is 19.2. The van der Waals surface area contributed by atoms with Crippen molar-refractivity contribution in [1.29, 1.82) is 0 Å². The van der Waals surface area contributed by atoms with Crippen molar-refractivity contribution in [2.75, 3.05) is 20.7 Å². The predicted octanol–water partition coefficient (Wildman–Crippen LogP) is 5.29. The summed E-state index contributed by atoms with van der Waals surface area (Å²) in [7, 11) is 3.61. The number of hydrogen-bond donors (Lipinski definition) is 1. The highest BCUT2D eigenvalue weighted by atomic mass is 35.5. The molecule has 30 heavy (non-hydrogen) atoms. The summed E-state index contributed by atoms with van der Waals surface area (Å²) in [5.41, 5.74) is 6.51. The minimum absolute atomic E-state index is 0. The molecule has 0 unspecified atom stereocenters. The van der Waals surface area contributed by atoms with Crippen molar-refractivity contribution in [2.45, 2.75) is 19.4 Å². The summed E-state index contributed by atoms with van der Waals surface area (Å²) in [6.45, 7) is 1.88. The first-order valence-electron chi connectivity index (χ1n) is 9.56. The highest BCUT2D eigenvalue weighted by molar-refractivity contribution is 6.10. The number of hydrogen-bond acceptors (Lipinski definition) is 3. The first-order valence-corrected chi connectivity index (χ1v) is 9.56. The number of para-hydroxylation sites is 1. The van der Waals surface area contributed by atoms with E-state index < -0.39 is 0 Å². The minimum atomic E-state index is -0.342. The van der Waals surface area contributed by atoms with Crippen LogP contribution in [-0.2, 0) is 19.4 Å². The number of halogens is 3. The number of nitrogens with zero attached hydrogens (tertiary/aromatic N) is 2. The van der Waals surface area contributed by atoms with Crippen LogP contribution >= 0.6 is 24.8 Å². The fourth-order valence-corrected chi connectivity index (χ4v) is 4.28. The maximum Gasteiger partial charge on any atom is 0.165 e. The molecule has 2 aromatic heterocycles. The number of fused-ring (bicyclic) bond motifs is 5. The molecule has 0 saturated heterocycles. The largest absolute Gasteiger partial charge is 0.494 e. The molecular weight excluding hydrogens is 424 g/mol. The number of rotatable bonds is 3. The van der Waals surface area contributed by atoms with Gasteiger partial charge in [-0.3, -0.25) is 4.98 Å². The fraction of sp³-hybridized carbons (Fsp3) is 0.261. The van der Waals surface area contributed by atoms with Gasteiger partial charge in [-0.25, -0.2) is 4.39 Å². The third-order valence-electron chi connectivity index (χ3n) is 5.67. The summed E-state index contributed by atoms with van der Waals surface area (Å²) in [6, 6.07) is 13.5. The molecule has 0 saturated carbocycles. The lowest BCUT2D eigenvalue weighted by atomic mass is 9.96. The Kier molecular flexibility index (Phi) is 6.56. The van der Waals surface area contributed by atoms with E-state index in [0.29, 0.717) is 6.42 Å². The van der Waals surface area contributed by atoms with Crippen LogP contribution in [0.15, 0.2) is 42.5 Å². The van der Waals surface area contributed by atoms with E-state index in [0.717, 1.165) is 47.5 Å². The Bertz CT molecular complexity index is 1210. The molecule has 7 heteroatoms. The molecule has 0 aliphatic carbocycles. The zero-order valence-corrected chi connectivity index (χ0v) is 18.5. The van der Waals surface area contributed by atoms with E-state index in [1.165, 1.54) is 23.4 Å². The number of aromatic amines is 1. The van der Waals surface area contributed by atoms with E-state index in [2.05, 4.69) is 35.1 Å². The Labute approximate surface area is 187 Å². The minimum Gasteiger partial charge on any atom is -0.494 e. The van der Waals surface area contributed by atoms with Crippen molar-refractivity contribution in [3.8, 4) is 5.75 Å². The first-order chi connectivity index (χ1) is 13.6. The van der Waals surface area contributed by atoms with Gasteiger partial charge < -0.3 is 14.6 Å². The molecule has 0 bridgehead atoms. The van der Waals surface area contributed by atoms with Crippen molar-refractivity contribution in [1.82, 2.24) is 14.9 Å². The molecule has 0 amide bonds. The van der Waals surface area contributed by atoms with Gasteiger partial charge in [-0.15, -0.1) is 24.8 Å². The smallest absolute Gasteiger partial charge is 0.165 e. The highest BCUT2D eigenvalue weighted by Gasteiger charge is 2.22. The summed E-state index contributed by atoms with van der Waals surface area (Å²) >= 11 is 0. The van der Waals surface area contributed by atoms with Crippen LogP contribution in [0.2, 0.25) is 0 Å². The lowest BCUT2D eigenvalue weighted by Gasteiger charge is -2.25. The molecule has 1 aliphatic rings. The normalized spacial score (nSPS) is 13.6. The standard InChI is InChI=1S/C23H22FN3O.2ClH/c1-27-10-9-16-20(13-27)25-19(12-14-7-8-21(28-2)17(24)11-14)23-22(16)15-5-3-4-6-18(15)26-23;;/h3-8,11,26H,9-10,12-13H2,1-2H3;2*1H. The third-order valence-corrected chi connectivity index (χ3v) is 5.67. The molecule has 3 heterocycles. The van der Waals surface area contributed by atoms with Gasteiger partial charge >= 0.3 is 0 Å². The Balaban J connectivity index is 0.00000128. The number of ether oxygens (including phenoxy) is 1. The molecule has 0 fully saturated rings. The molecule has 1 aliphatic heterocycles. The zero-order chi connectivity index (χ0) is 19.3. The lowest BCUT2D eigenvalue weighted by Crippen LogP contribution is -2.28. The number of nitrogens with one attached hydrogen (secondary N) is 1. The van der Waals surface area contributed by atoms with Gasteiger partial charge in [0.05, 0.1) is 24.0 Å². The average Bonchev–Trinajstić information content (AvgIpc) is 3.08. The second-order valence-electron chi connectivity index (χ2n) is 7.54. The zero-order valence-electron chi connectivity index (χ0n) is 16.9. The van der Waals surface area contributed by atoms with Gasteiger partial charge in [0, 0.05) is 35.8 Å². The summed E-state index contributed by atoms with van der Waals surface area (Å²) in [5.74, 6) is -0.0786. The lowest BCUT2D eigenvalue weighted by molar-refractivity contribution is 0.308. The van der Waals surface area contributed by atoms with E-state index in [4.69, 9.17) is 9.72 Å². The predicted molar refractivity (Wildman–Crippen MR) is 124 cm³/mol. The van der Waals surface area contributed by atoms with E-state index in [-0.39, 0.29) is 36.4 Å². The van der Waals surface area contributed by atoms with E-state index in [1.54, 1.807) is 12.1 Å². The molecule has 5 rings (SSSR count). The van der Waals surface area contributed by atoms with Crippen LogP contribution < -0.4 is 4.74 Å². The summed E-state index contributed by atoms with van der Waals surface area (Å²) in [5, 5.41) is 2.51. The third kappa shape index (κ3) is 3.73. The van der Waals surface area contributed by atoms with Gasteiger partial charge in [0.15, 0.2) is 11.6 Å². The maximum absolute atomic E-state index is 14.2. The van der Waals surface area contributed by atoms with Crippen molar-refractivity contribution in [3.63, 3.8) is 0 Å². The maximum atomic E-state index is 14.2. The monoisotopic (exact) mass is 447 g/mol. The van der Waals surface area contributed by atoms with Gasteiger partial charge in [-0.05, 0) is 42.8 Å². The van der Waals surface area contributed by atoms with E-state index >= 15 is 0 Å². The molecule has 4 aromatic rings. The van der Waals surface area contributed by atoms with Crippen LogP contribution in [0.4, 0.5) is 4.39 Å². The van der Waals surface area contributed by atoms with Crippen LogP contribution in [-0.4, -0.2) is 35.6 Å². The number of H-pyrrole nitrogens is 1. The number of methoxy groups -OCH3 is 1. The van der Waals surface area contributed by atoms with Crippen LogP contribution in [0.25, 0.3) is 21.8 Å². The second kappa shape index (κ2) is 8.80. The van der Waals surface area contributed by atoms with Gasteiger partial charge in [0.1, 0.15) is 0 Å². The number of benzene rings is 2. The van der Waals surface area contributed by atoms with Crippen molar-refractivity contribution in [2.24, 2.45) is 0 Å². The quantitative estimate of drug-likeness (QED) is 0.463. The summed E-state index contributed by atoms with van der Waals surface area (Å²) in [4.78, 5) is 10.9. The second-order valence-corrected chi connectivity index (χ2v) is 7.54. The van der Waals surface area contributed by atoms with Crippen molar-refractivity contribution < 1.29 is 9.13 Å². The van der Waals surface area contributed by atoms with E-state index in [9.17, 15) is 4.39 Å². The molecule has 158 valence electrons. The molecule has 1 N–H and O–H groups in total. The van der Waals surface area contributed by atoms with Gasteiger partial charge in [-0.1, -0.05) is 24.3 Å². The van der Waals surface area contributed by atoms with Gasteiger partial charge in [0.2, 0.25) is 0 Å². The fourth-order valence-electron chi connectivity index (χ4n) is 4.28. The molecule has 2 aromatic carbocycles. The van der Waals surface area contributed by atoms with Crippen LogP contribution in [0.1, 0.15) is 22.5 Å². The first kappa shape index (κ1) is 22.3. The SMILES string of the molecule is COc1ccc(Cc2nc3c(c4c2[nH]c2ccccc24)CCN(C)C3)cc1F.Cl.Cl. The Morgan fingerprint density at radius 1 is 1.17 bits per heavy atom. The molecular formula is C23H24Cl2FN3O. The van der Waals surface area contributed by atoms with Gasteiger partial charge in [0.25, 0.3) is 0 Å². The number of likely N-dealkylation sites (N-methyl/N-ethyl adjacent to an activating group) is 1. The van der Waals surface area contributed by atoms with E-state index in [1.807, 2.05) is 12.1 Å². The Morgan fingerprint density at radius 2 is 1.97 bits per heavy atom. The molecule has 0 atom stereocenters. The van der Waals surface area contributed by atoms with Crippen LogP contribution in [0.5, 0.6) is 5.75 Å². The Morgan fingerprint density at radius 3 is 2.73 bits per heavy atom. The average molecular weight is 448 g/mol. The summed E-state index contributed by atoms with van der Waals surface area (Å²) in [6.07, 6.45) is 1.57. The van der Waals surface area contributed by atoms with Crippen LogP contribution in [0.3, 0.4) is 0 Å².